The van der Waals surface area contributed by atoms with Gasteiger partial charge >= 0.3 is 0 Å². The smallest absolute Gasteiger partial charge is 0.247 e. The van der Waals surface area contributed by atoms with E-state index in [0.717, 1.165) is 24.8 Å². The van der Waals surface area contributed by atoms with E-state index in [9.17, 15) is 4.79 Å². The second-order valence-corrected chi connectivity index (χ2v) is 4.26. The Labute approximate surface area is 79.4 Å². The maximum atomic E-state index is 11.6. The van der Waals surface area contributed by atoms with Gasteiger partial charge in [0.2, 0.25) is 5.91 Å². The third-order valence-corrected chi connectivity index (χ3v) is 3.27. The topological polar surface area (TPSA) is 29.1 Å². The molecular weight excluding hydrogens is 162 g/mol. The molecule has 2 aliphatic rings. The van der Waals surface area contributed by atoms with Gasteiger partial charge < -0.3 is 5.32 Å². The molecule has 0 heterocycles. The van der Waals surface area contributed by atoms with Gasteiger partial charge in [-0.25, -0.2) is 0 Å². The summed E-state index contributed by atoms with van der Waals surface area (Å²) >= 11 is 0. The Morgan fingerprint density at radius 2 is 2.38 bits per heavy atom. The normalized spacial score (nSPS) is 32.2. The Hall–Kier alpha value is -0.790. The molecule has 72 valence electrons. The number of carbonyl (C=O) groups is 1. The zero-order valence-corrected chi connectivity index (χ0v) is 8.18. The maximum Gasteiger partial charge on any atom is 0.247 e. The van der Waals surface area contributed by atoms with E-state index in [4.69, 9.17) is 0 Å². The number of allylic oxidation sites excluding steroid dienone is 1. The molecule has 2 nitrogen and oxygen atoms in total. The highest BCUT2D eigenvalue weighted by Gasteiger charge is 2.28. The minimum Gasteiger partial charge on any atom is -0.349 e. The van der Waals surface area contributed by atoms with Gasteiger partial charge in [0.15, 0.2) is 0 Å². The number of hydrogen-bond acceptors (Lipinski definition) is 1. The van der Waals surface area contributed by atoms with Crippen LogP contribution in [0.25, 0.3) is 0 Å². The molecule has 0 spiro atoms. The lowest BCUT2D eigenvalue weighted by molar-refractivity contribution is -0.119. The zero-order valence-electron chi connectivity index (χ0n) is 8.18. The van der Waals surface area contributed by atoms with Crippen LogP contribution in [0.15, 0.2) is 11.6 Å². The van der Waals surface area contributed by atoms with Crippen LogP contribution < -0.4 is 5.32 Å². The van der Waals surface area contributed by atoms with Gasteiger partial charge in [0, 0.05) is 11.6 Å². The van der Waals surface area contributed by atoms with Crippen molar-refractivity contribution in [1.29, 1.82) is 0 Å². The molecule has 2 unspecified atom stereocenters. The summed E-state index contributed by atoms with van der Waals surface area (Å²) < 4.78 is 0. The summed E-state index contributed by atoms with van der Waals surface area (Å²) in [6.07, 6.45) is 7.74. The van der Waals surface area contributed by atoms with Gasteiger partial charge in [-0.2, -0.15) is 0 Å². The molecule has 1 amide bonds. The van der Waals surface area contributed by atoms with Gasteiger partial charge in [0.05, 0.1) is 0 Å². The molecule has 2 rings (SSSR count). The predicted molar refractivity (Wildman–Crippen MR) is 52.3 cm³/mol. The van der Waals surface area contributed by atoms with Crippen molar-refractivity contribution in [1.82, 2.24) is 5.32 Å². The minimum absolute atomic E-state index is 0.189. The number of amides is 1. The van der Waals surface area contributed by atoms with E-state index in [1.165, 1.54) is 12.8 Å². The highest BCUT2D eigenvalue weighted by molar-refractivity contribution is 5.94. The lowest BCUT2D eigenvalue weighted by Crippen LogP contribution is -2.45. The van der Waals surface area contributed by atoms with Gasteiger partial charge in [-0.3, -0.25) is 4.79 Å². The van der Waals surface area contributed by atoms with Crippen LogP contribution in [0.4, 0.5) is 0 Å². The van der Waals surface area contributed by atoms with E-state index < -0.39 is 0 Å². The van der Waals surface area contributed by atoms with Crippen molar-refractivity contribution in [3.05, 3.63) is 11.6 Å². The van der Waals surface area contributed by atoms with Crippen LogP contribution in [0.3, 0.4) is 0 Å². The van der Waals surface area contributed by atoms with Gasteiger partial charge in [0.25, 0.3) is 0 Å². The van der Waals surface area contributed by atoms with Crippen LogP contribution in [0, 0.1) is 5.92 Å². The fourth-order valence-corrected chi connectivity index (χ4v) is 2.02. The fourth-order valence-electron chi connectivity index (χ4n) is 2.02. The molecule has 1 saturated carbocycles. The van der Waals surface area contributed by atoms with Crippen LogP contribution >= 0.6 is 0 Å². The van der Waals surface area contributed by atoms with E-state index in [1.807, 2.05) is 0 Å². The molecule has 0 aromatic rings. The summed E-state index contributed by atoms with van der Waals surface area (Å²) in [5.41, 5.74) is 1.01. The number of rotatable bonds is 2. The van der Waals surface area contributed by atoms with Crippen molar-refractivity contribution in [3.8, 4) is 0 Å². The van der Waals surface area contributed by atoms with Crippen molar-refractivity contribution < 1.29 is 4.79 Å². The standard InChI is InChI=1S/C11H17NO/c1-8-6-7-10(8)12-11(13)9-4-2-3-5-9/h4,8,10H,2-3,5-7H2,1H3,(H,12,13). The van der Waals surface area contributed by atoms with Crippen molar-refractivity contribution in [2.75, 3.05) is 0 Å². The molecule has 0 aromatic carbocycles. The molecule has 2 heteroatoms. The fraction of sp³-hybridized carbons (Fsp3) is 0.727. The molecule has 0 aliphatic heterocycles. The minimum atomic E-state index is 0.189. The van der Waals surface area contributed by atoms with Crippen molar-refractivity contribution in [3.63, 3.8) is 0 Å². The van der Waals surface area contributed by atoms with Crippen molar-refractivity contribution in [2.24, 2.45) is 5.92 Å². The summed E-state index contributed by atoms with van der Waals surface area (Å²) in [6, 6.07) is 0.453. The van der Waals surface area contributed by atoms with E-state index in [1.54, 1.807) is 0 Å². The van der Waals surface area contributed by atoms with Gasteiger partial charge in [-0.15, -0.1) is 0 Å². The maximum absolute atomic E-state index is 11.6. The number of carbonyl (C=O) groups excluding carboxylic acids is 1. The Bertz CT molecular complexity index is 244. The first kappa shape index (κ1) is 8.79. The third-order valence-electron chi connectivity index (χ3n) is 3.27. The van der Waals surface area contributed by atoms with Gasteiger partial charge in [0.1, 0.15) is 0 Å². The highest BCUT2D eigenvalue weighted by Crippen LogP contribution is 2.27. The van der Waals surface area contributed by atoms with Crippen LogP contribution in [0.5, 0.6) is 0 Å². The molecule has 2 atom stereocenters. The van der Waals surface area contributed by atoms with Crippen molar-refractivity contribution >= 4 is 5.91 Å². The summed E-state index contributed by atoms with van der Waals surface area (Å²) in [5.74, 6) is 0.875. The lowest BCUT2D eigenvalue weighted by atomic mass is 9.81. The summed E-state index contributed by atoms with van der Waals surface area (Å²) in [6.45, 7) is 2.21. The highest BCUT2D eigenvalue weighted by atomic mass is 16.1. The zero-order chi connectivity index (χ0) is 9.26. The molecule has 0 radical (unpaired) electrons. The Morgan fingerprint density at radius 1 is 1.54 bits per heavy atom. The molecule has 1 fully saturated rings. The first-order chi connectivity index (χ1) is 6.27. The number of hydrogen-bond donors (Lipinski definition) is 1. The molecular formula is C11H17NO. The van der Waals surface area contributed by atoms with Crippen LogP contribution in [-0.4, -0.2) is 11.9 Å². The summed E-state index contributed by atoms with van der Waals surface area (Å²) in [5, 5.41) is 3.10. The van der Waals surface area contributed by atoms with Crippen LogP contribution in [0.1, 0.15) is 39.0 Å². The molecule has 0 saturated heterocycles. The average molecular weight is 179 g/mol. The van der Waals surface area contributed by atoms with Crippen LogP contribution in [-0.2, 0) is 4.79 Å². The average Bonchev–Trinajstić information content (AvgIpc) is 2.64. The first-order valence-corrected chi connectivity index (χ1v) is 5.27. The molecule has 13 heavy (non-hydrogen) atoms. The first-order valence-electron chi connectivity index (χ1n) is 5.27. The van der Waals surface area contributed by atoms with E-state index in [2.05, 4.69) is 18.3 Å². The van der Waals surface area contributed by atoms with Crippen LogP contribution in [0.2, 0.25) is 0 Å². The Kier molecular flexibility index (Phi) is 2.38. The second kappa shape index (κ2) is 3.52. The molecule has 1 N–H and O–H groups in total. The molecule has 0 bridgehead atoms. The Balaban J connectivity index is 1.84. The predicted octanol–water partition coefficient (Wildman–Crippen LogP) is 2.01. The van der Waals surface area contributed by atoms with Gasteiger partial charge in [-0.05, 0) is 38.0 Å². The quantitative estimate of drug-likeness (QED) is 0.690. The second-order valence-electron chi connectivity index (χ2n) is 4.26. The summed E-state index contributed by atoms with van der Waals surface area (Å²) in [4.78, 5) is 11.6. The molecule has 0 aromatic heterocycles. The van der Waals surface area contributed by atoms with E-state index >= 15 is 0 Å². The Morgan fingerprint density at radius 3 is 2.85 bits per heavy atom. The molecule has 2 aliphatic carbocycles. The van der Waals surface area contributed by atoms with Gasteiger partial charge in [-0.1, -0.05) is 13.0 Å². The lowest BCUT2D eigenvalue weighted by Gasteiger charge is -2.34. The van der Waals surface area contributed by atoms with E-state index in [-0.39, 0.29) is 5.91 Å². The SMILES string of the molecule is CC1CCC1NC(=O)C1=CCCC1. The number of nitrogens with one attached hydrogen (secondary N) is 1. The third kappa shape index (κ3) is 1.77. The summed E-state index contributed by atoms with van der Waals surface area (Å²) in [7, 11) is 0. The van der Waals surface area contributed by atoms with E-state index in [0.29, 0.717) is 12.0 Å². The van der Waals surface area contributed by atoms with Crippen molar-refractivity contribution in [2.45, 2.75) is 45.1 Å². The monoisotopic (exact) mass is 179 g/mol. The largest absolute Gasteiger partial charge is 0.349 e.